The predicted molar refractivity (Wildman–Crippen MR) is 84.0 cm³/mol. The first kappa shape index (κ1) is 14.8. The monoisotopic (exact) mass is 316 g/mol. The largest absolute Gasteiger partial charge is 0.488 e. The molecule has 0 saturated heterocycles. The lowest BCUT2D eigenvalue weighted by molar-refractivity contribution is -0.136. The molecule has 0 bridgehead atoms. The highest BCUT2D eigenvalue weighted by Gasteiger charge is 2.26. The van der Waals surface area contributed by atoms with Crippen molar-refractivity contribution in [2.75, 3.05) is 0 Å². The number of aliphatic carboxylic acids is 1. The summed E-state index contributed by atoms with van der Waals surface area (Å²) in [4.78, 5) is 25.5. The number of carbonyl (C=O) groups excluding carboxylic acids is 1. The van der Waals surface area contributed by atoms with E-state index in [1.807, 2.05) is 6.07 Å². The van der Waals surface area contributed by atoms with Crippen molar-refractivity contribution in [1.29, 1.82) is 0 Å². The molecule has 1 aliphatic rings. The molecule has 22 heavy (non-hydrogen) atoms. The molecule has 0 saturated carbocycles. The highest BCUT2D eigenvalue weighted by molar-refractivity contribution is 7.14. The zero-order valence-electron chi connectivity index (χ0n) is 12.4. The van der Waals surface area contributed by atoms with Crippen molar-refractivity contribution >= 4 is 23.1 Å². The van der Waals surface area contributed by atoms with Gasteiger partial charge in [-0.25, -0.2) is 0 Å². The molecule has 0 atom stereocenters. The van der Waals surface area contributed by atoms with Crippen LogP contribution in [0.25, 0.3) is 0 Å². The van der Waals surface area contributed by atoms with Crippen LogP contribution in [0, 0.1) is 0 Å². The van der Waals surface area contributed by atoms with Crippen molar-refractivity contribution in [2.45, 2.75) is 32.8 Å². The normalized spacial score (nSPS) is 13.3. The Kier molecular flexibility index (Phi) is 3.74. The van der Waals surface area contributed by atoms with Gasteiger partial charge in [0.05, 0.1) is 16.9 Å². The van der Waals surface area contributed by atoms with E-state index in [-0.39, 0.29) is 12.2 Å². The molecule has 1 N–H and O–H groups in total. The standard InChI is InChI=1S/C17H16O4S/c1-9(2)14-7-11-8-21-13-4-3-10(6-15(18)19)5-12(13)16(20)17(11)22-14/h3-5,7,9H,6,8H2,1-2H3,(H,18,19). The minimum atomic E-state index is -0.916. The van der Waals surface area contributed by atoms with E-state index >= 15 is 0 Å². The summed E-state index contributed by atoms with van der Waals surface area (Å²) < 4.78 is 5.74. The Morgan fingerprint density at radius 3 is 2.82 bits per heavy atom. The van der Waals surface area contributed by atoms with Crippen LogP contribution < -0.4 is 4.74 Å². The van der Waals surface area contributed by atoms with Gasteiger partial charge in [0.25, 0.3) is 0 Å². The molecule has 1 aromatic heterocycles. The summed E-state index contributed by atoms with van der Waals surface area (Å²) in [5.41, 5.74) is 1.97. The number of carboxylic acids is 1. The number of carbonyl (C=O) groups is 2. The molecule has 2 aromatic rings. The van der Waals surface area contributed by atoms with Crippen LogP contribution in [-0.2, 0) is 17.8 Å². The summed E-state index contributed by atoms with van der Waals surface area (Å²) in [5, 5.41) is 8.90. The van der Waals surface area contributed by atoms with Crippen molar-refractivity contribution in [1.82, 2.24) is 0 Å². The van der Waals surface area contributed by atoms with E-state index in [4.69, 9.17) is 9.84 Å². The smallest absolute Gasteiger partial charge is 0.307 e. The van der Waals surface area contributed by atoms with E-state index in [1.54, 1.807) is 18.2 Å². The van der Waals surface area contributed by atoms with Crippen LogP contribution in [0.5, 0.6) is 5.75 Å². The average Bonchev–Trinajstić information content (AvgIpc) is 2.84. The van der Waals surface area contributed by atoms with E-state index in [0.717, 1.165) is 10.4 Å². The Balaban J connectivity index is 2.04. The van der Waals surface area contributed by atoms with Gasteiger partial charge in [-0.3, -0.25) is 9.59 Å². The summed E-state index contributed by atoms with van der Waals surface area (Å²) >= 11 is 1.50. The lowest BCUT2D eigenvalue weighted by Crippen LogP contribution is -2.04. The van der Waals surface area contributed by atoms with E-state index < -0.39 is 5.97 Å². The second-order valence-corrected chi connectivity index (χ2v) is 6.76. The summed E-state index contributed by atoms with van der Waals surface area (Å²) in [6, 6.07) is 7.05. The summed E-state index contributed by atoms with van der Waals surface area (Å²) in [6.07, 6.45) is -0.102. The molecule has 0 radical (unpaired) electrons. The SMILES string of the molecule is CC(C)c1cc2c(s1)C(=O)c1cc(CC(=O)O)ccc1OC2. The maximum atomic E-state index is 12.8. The van der Waals surface area contributed by atoms with Gasteiger partial charge in [-0.15, -0.1) is 11.3 Å². The van der Waals surface area contributed by atoms with Gasteiger partial charge in [0.2, 0.25) is 5.78 Å². The van der Waals surface area contributed by atoms with Gasteiger partial charge in [0.15, 0.2) is 0 Å². The molecule has 4 nitrogen and oxygen atoms in total. The van der Waals surface area contributed by atoms with Crippen molar-refractivity contribution in [3.63, 3.8) is 0 Å². The molecule has 114 valence electrons. The van der Waals surface area contributed by atoms with Gasteiger partial charge in [0.1, 0.15) is 12.4 Å². The molecule has 0 aliphatic carbocycles. The summed E-state index contributed by atoms with van der Waals surface area (Å²) in [7, 11) is 0. The lowest BCUT2D eigenvalue weighted by Gasteiger charge is -2.08. The van der Waals surface area contributed by atoms with Gasteiger partial charge >= 0.3 is 5.97 Å². The van der Waals surface area contributed by atoms with Gasteiger partial charge in [-0.05, 0) is 29.7 Å². The molecule has 0 unspecified atom stereocenters. The fourth-order valence-corrected chi connectivity index (χ4v) is 3.60. The fourth-order valence-electron chi connectivity index (χ4n) is 2.48. The Hall–Kier alpha value is -2.14. The van der Waals surface area contributed by atoms with Crippen molar-refractivity contribution in [3.8, 4) is 5.75 Å². The van der Waals surface area contributed by atoms with Gasteiger partial charge in [-0.1, -0.05) is 19.9 Å². The van der Waals surface area contributed by atoms with Crippen LogP contribution in [0.3, 0.4) is 0 Å². The van der Waals surface area contributed by atoms with Gasteiger partial charge in [0, 0.05) is 10.4 Å². The molecule has 0 spiro atoms. The zero-order valence-corrected chi connectivity index (χ0v) is 13.2. The minimum Gasteiger partial charge on any atom is -0.488 e. The topological polar surface area (TPSA) is 63.6 Å². The molecular formula is C17H16O4S. The lowest BCUT2D eigenvalue weighted by atomic mass is 10.0. The number of rotatable bonds is 3. The van der Waals surface area contributed by atoms with Crippen molar-refractivity contribution in [3.05, 3.63) is 50.7 Å². The number of hydrogen-bond donors (Lipinski definition) is 1. The molecule has 2 heterocycles. The maximum Gasteiger partial charge on any atom is 0.307 e. The van der Waals surface area contributed by atoms with Crippen LogP contribution in [0.1, 0.15) is 51.0 Å². The molecule has 1 aromatic carbocycles. The average molecular weight is 316 g/mol. The number of ketones is 1. The Morgan fingerprint density at radius 2 is 2.14 bits per heavy atom. The van der Waals surface area contributed by atoms with Crippen molar-refractivity contribution < 1.29 is 19.4 Å². The number of benzene rings is 1. The highest BCUT2D eigenvalue weighted by Crippen LogP contribution is 2.36. The predicted octanol–water partition coefficient (Wildman–Crippen LogP) is 3.62. The number of ether oxygens (including phenoxy) is 1. The van der Waals surface area contributed by atoms with Crippen molar-refractivity contribution in [2.24, 2.45) is 0 Å². The number of thiophene rings is 1. The van der Waals surface area contributed by atoms with E-state index in [9.17, 15) is 9.59 Å². The first-order valence-electron chi connectivity index (χ1n) is 7.10. The van der Waals surface area contributed by atoms with E-state index in [0.29, 0.717) is 34.3 Å². The molecule has 1 aliphatic heterocycles. The van der Waals surface area contributed by atoms with Crippen LogP contribution in [0.2, 0.25) is 0 Å². The third-order valence-corrected chi connectivity index (χ3v) is 5.11. The Morgan fingerprint density at radius 1 is 1.36 bits per heavy atom. The van der Waals surface area contributed by atoms with Crippen LogP contribution in [0.4, 0.5) is 0 Å². The quantitative estimate of drug-likeness (QED) is 0.939. The second kappa shape index (κ2) is 5.57. The fraction of sp³-hybridized carbons (Fsp3) is 0.294. The second-order valence-electron chi connectivity index (χ2n) is 5.68. The summed E-state index contributed by atoms with van der Waals surface area (Å²) in [6.45, 7) is 4.56. The first-order chi connectivity index (χ1) is 10.5. The number of hydrogen-bond acceptors (Lipinski definition) is 4. The maximum absolute atomic E-state index is 12.8. The molecule has 0 amide bonds. The third kappa shape index (κ3) is 2.64. The third-order valence-electron chi connectivity index (χ3n) is 3.63. The van der Waals surface area contributed by atoms with E-state index in [1.165, 1.54) is 11.3 Å². The van der Waals surface area contributed by atoms with E-state index in [2.05, 4.69) is 13.8 Å². The Bertz CT molecular complexity index is 758. The van der Waals surface area contributed by atoms with Crippen LogP contribution >= 0.6 is 11.3 Å². The minimum absolute atomic E-state index is 0.0772. The van der Waals surface area contributed by atoms with Gasteiger partial charge < -0.3 is 9.84 Å². The number of carboxylic acid groups (broad SMARTS) is 1. The summed E-state index contributed by atoms with van der Waals surface area (Å²) in [5.74, 6) is -0.108. The first-order valence-corrected chi connectivity index (χ1v) is 7.92. The zero-order chi connectivity index (χ0) is 15.9. The Labute approximate surface area is 132 Å². The molecule has 5 heteroatoms. The molecular weight excluding hydrogens is 300 g/mol. The molecule has 0 fully saturated rings. The van der Waals surface area contributed by atoms with Gasteiger partial charge in [-0.2, -0.15) is 0 Å². The van der Waals surface area contributed by atoms with Crippen LogP contribution in [0.15, 0.2) is 24.3 Å². The van der Waals surface area contributed by atoms with Crippen LogP contribution in [-0.4, -0.2) is 16.9 Å². The number of fused-ring (bicyclic) bond motifs is 2. The molecule has 3 rings (SSSR count). The highest BCUT2D eigenvalue weighted by atomic mass is 32.1.